The molecule has 0 unspecified atom stereocenters. The van der Waals surface area contributed by atoms with Crippen molar-refractivity contribution in [3.05, 3.63) is 59.4 Å². The molecular weight excluding hydrogens is 320 g/mol. The third-order valence-corrected chi connectivity index (χ3v) is 5.22. The van der Waals surface area contributed by atoms with E-state index in [-0.39, 0.29) is 0 Å². The molecule has 0 bridgehead atoms. The van der Waals surface area contributed by atoms with E-state index in [0.717, 1.165) is 25.0 Å². The van der Waals surface area contributed by atoms with Gasteiger partial charge in [0.25, 0.3) is 0 Å². The molecule has 2 aromatic rings. The minimum atomic E-state index is -0.753. The van der Waals surface area contributed by atoms with Crippen molar-refractivity contribution in [3.63, 3.8) is 0 Å². The summed E-state index contributed by atoms with van der Waals surface area (Å²) in [5.74, 6) is 0.731. The number of halogens is 2. The van der Waals surface area contributed by atoms with E-state index in [2.05, 4.69) is 29.2 Å². The van der Waals surface area contributed by atoms with Gasteiger partial charge in [0, 0.05) is 5.56 Å². The van der Waals surface area contributed by atoms with Crippen molar-refractivity contribution in [2.45, 2.75) is 51.4 Å². The molecule has 1 heterocycles. The van der Waals surface area contributed by atoms with Crippen LogP contribution < -0.4 is 4.74 Å². The average molecular weight is 345 g/mol. The van der Waals surface area contributed by atoms with Gasteiger partial charge in [0.1, 0.15) is 5.75 Å². The maximum absolute atomic E-state index is 13.6. The van der Waals surface area contributed by atoms with Gasteiger partial charge >= 0.3 is 0 Å². The van der Waals surface area contributed by atoms with Gasteiger partial charge in [-0.25, -0.2) is 0 Å². The van der Waals surface area contributed by atoms with Crippen LogP contribution in [0.5, 0.6) is 5.75 Å². The number of hydrogen-bond donors (Lipinski definition) is 0. The summed E-state index contributed by atoms with van der Waals surface area (Å²) < 4.78 is 32.0. The first-order valence-electron chi connectivity index (χ1n) is 9.19. The molecule has 0 aliphatic heterocycles. The molecule has 0 spiro atoms. The molecule has 3 rings (SSSR count). The van der Waals surface area contributed by atoms with E-state index in [0.29, 0.717) is 30.4 Å². The largest absolute Gasteiger partial charge is 0.494 e. The van der Waals surface area contributed by atoms with E-state index >= 15 is 0 Å². The standard InChI is InChI=1S/C21H25F2NO/c1-2-25-19-12-9-17(10-13-19)16-6-3-15(4-7-16)5-8-18-11-14-20(22)24-21(18)23/h9-16H,2-8H2,1H3/t15-,16-. The van der Waals surface area contributed by atoms with Crippen molar-refractivity contribution in [1.29, 1.82) is 0 Å². The summed E-state index contributed by atoms with van der Waals surface area (Å²) in [4.78, 5) is 3.27. The fourth-order valence-electron chi connectivity index (χ4n) is 3.77. The highest BCUT2D eigenvalue weighted by molar-refractivity contribution is 5.29. The van der Waals surface area contributed by atoms with Crippen molar-refractivity contribution in [3.8, 4) is 5.75 Å². The molecule has 1 aliphatic carbocycles. The Labute approximate surface area is 148 Å². The minimum absolute atomic E-state index is 0.523. The van der Waals surface area contributed by atoms with Gasteiger partial charge in [-0.2, -0.15) is 13.8 Å². The normalized spacial score (nSPS) is 20.4. The Bertz CT molecular complexity index is 679. The van der Waals surface area contributed by atoms with Crippen LogP contribution in [0.2, 0.25) is 0 Å². The van der Waals surface area contributed by atoms with Crippen LogP contribution in [0.1, 0.15) is 56.1 Å². The molecule has 25 heavy (non-hydrogen) atoms. The van der Waals surface area contributed by atoms with Crippen molar-refractivity contribution >= 4 is 0 Å². The Hall–Kier alpha value is -1.97. The van der Waals surface area contributed by atoms with Gasteiger partial charge in [0.15, 0.2) is 0 Å². The number of aromatic nitrogens is 1. The summed E-state index contributed by atoms with van der Waals surface area (Å²) in [7, 11) is 0. The van der Waals surface area contributed by atoms with Crippen LogP contribution in [0.15, 0.2) is 36.4 Å². The van der Waals surface area contributed by atoms with Crippen LogP contribution in [0, 0.1) is 17.8 Å². The van der Waals surface area contributed by atoms with Crippen LogP contribution in [0.4, 0.5) is 8.78 Å². The zero-order valence-electron chi connectivity index (χ0n) is 14.7. The molecule has 1 aromatic heterocycles. The van der Waals surface area contributed by atoms with Gasteiger partial charge in [-0.1, -0.05) is 12.1 Å². The van der Waals surface area contributed by atoms with E-state index in [1.54, 1.807) is 0 Å². The maximum Gasteiger partial charge on any atom is 0.218 e. The van der Waals surface area contributed by atoms with E-state index in [4.69, 9.17) is 4.74 Å². The Balaban J connectivity index is 1.48. The number of aryl methyl sites for hydroxylation is 1. The van der Waals surface area contributed by atoms with Crippen LogP contribution in [0.3, 0.4) is 0 Å². The van der Waals surface area contributed by atoms with Gasteiger partial charge < -0.3 is 4.74 Å². The number of hydrogen-bond acceptors (Lipinski definition) is 2. The topological polar surface area (TPSA) is 22.1 Å². The Morgan fingerprint density at radius 1 is 1.00 bits per heavy atom. The Morgan fingerprint density at radius 2 is 1.72 bits per heavy atom. The zero-order chi connectivity index (χ0) is 17.6. The number of ether oxygens (including phenoxy) is 1. The maximum atomic E-state index is 13.6. The molecule has 134 valence electrons. The highest BCUT2D eigenvalue weighted by Gasteiger charge is 2.22. The second-order valence-corrected chi connectivity index (χ2v) is 6.84. The molecule has 4 heteroatoms. The van der Waals surface area contributed by atoms with E-state index in [9.17, 15) is 8.78 Å². The smallest absolute Gasteiger partial charge is 0.218 e. The predicted octanol–water partition coefficient (Wildman–Crippen LogP) is 5.67. The second-order valence-electron chi connectivity index (χ2n) is 6.84. The van der Waals surface area contributed by atoms with Crippen molar-refractivity contribution in [2.75, 3.05) is 6.61 Å². The highest BCUT2D eigenvalue weighted by Crippen LogP contribution is 2.38. The highest BCUT2D eigenvalue weighted by atomic mass is 19.1. The number of nitrogens with zero attached hydrogens (tertiary/aromatic N) is 1. The third kappa shape index (κ3) is 4.77. The second kappa shape index (κ2) is 8.41. The first-order chi connectivity index (χ1) is 12.2. The predicted molar refractivity (Wildman–Crippen MR) is 94.8 cm³/mol. The lowest BCUT2D eigenvalue weighted by atomic mass is 9.77. The fraction of sp³-hybridized carbons (Fsp3) is 0.476. The zero-order valence-corrected chi connectivity index (χ0v) is 14.7. The molecule has 0 atom stereocenters. The summed E-state index contributed by atoms with van der Waals surface area (Å²) >= 11 is 0. The van der Waals surface area contributed by atoms with Crippen molar-refractivity contribution in [1.82, 2.24) is 4.98 Å². The van der Waals surface area contributed by atoms with E-state index in [1.165, 1.54) is 30.5 Å². The van der Waals surface area contributed by atoms with Gasteiger partial charge in [0.2, 0.25) is 11.9 Å². The van der Waals surface area contributed by atoms with Crippen LogP contribution >= 0.6 is 0 Å². The molecular formula is C21H25F2NO. The number of benzene rings is 1. The monoisotopic (exact) mass is 345 g/mol. The van der Waals surface area contributed by atoms with E-state index < -0.39 is 11.9 Å². The fourth-order valence-corrected chi connectivity index (χ4v) is 3.77. The molecule has 0 N–H and O–H groups in total. The average Bonchev–Trinajstić information content (AvgIpc) is 2.62. The van der Waals surface area contributed by atoms with Gasteiger partial charge in [-0.3, -0.25) is 0 Å². The summed E-state index contributed by atoms with van der Waals surface area (Å²) in [6.45, 7) is 2.68. The lowest BCUT2D eigenvalue weighted by Gasteiger charge is -2.29. The SMILES string of the molecule is CCOc1ccc([C@H]2CC[C@H](CCc3ccc(F)nc3F)CC2)cc1. The first kappa shape index (κ1) is 17.8. The van der Waals surface area contributed by atoms with Gasteiger partial charge in [-0.05, 0) is 87.1 Å². The molecule has 2 nitrogen and oxygen atoms in total. The van der Waals surface area contributed by atoms with Crippen LogP contribution in [-0.4, -0.2) is 11.6 Å². The summed E-state index contributed by atoms with van der Waals surface area (Å²) in [5, 5.41) is 0. The molecule has 1 aliphatic rings. The molecule has 1 aromatic carbocycles. The first-order valence-corrected chi connectivity index (χ1v) is 9.19. The Morgan fingerprint density at radius 3 is 2.36 bits per heavy atom. The van der Waals surface area contributed by atoms with Gasteiger partial charge in [0.05, 0.1) is 6.61 Å². The lowest BCUT2D eigenvalue weighted by Crippen LogP contribution is -2.14. The Kier molecular flexibility index (Phi) is 6.00. The van der Waals surface area contributed by atoms with Crippen molar-refractivity contribution in [2.24, 2.45) is 5.92 Å². The van der Waals surface area contributed by atoms with Crippen molar-refractivity contribution < 1.29 is 13.5 Å². The lowest BCUT2D eigenvalue weighted by molar-refractivity contribution is 0.308. The number of pyridine rings is 1. The molecule has 1 fully saturated rings. The van der Waals surface area contributed by atoms with Crippen LogP contribution in [0.25, 0.3) is 0 Å². The summed E-state index contributed by atoms with van der Waals surface area (Å²) in [5.41, 5.74) is 1.91. The molecule has 0 amide bonds. The minimum Gasteiger partial charge on any atom is -0.494 e. The molecule has 0 radical (unpaired) electrons. The van der Waals surface area contributed by atoms with E-state index in [1.807, 2.05) is 6.92 Å². The third-order valence-electron chi connectivity index (χ3n) is 5.22. The quantitative estimate of drug-likeness (QED) is 0.630. The molecule has 0 saturated heterocycles. The van der Waals surface area contributed by atoms with Crippen LogP contribution in [-0.2, 0) is 6.42 Å². The number of rotatable bonds is 6. The summed E-state index contributed by atoms with van der Waals surface area (Å²) in [6, 6.07) is 11.2. The van der Waals surface area contributed by atoms with Gasteiger partial charge in [-0.15, -0.1) is 0 Å². The summed E-state index contributed by atoms with van der Waals surface area (Å²) in [6.07, 6.45) is 6.24. The molecule has 1 saturated carbocycles.